The molecule has 3 rings (SSSR count). The molecular weight excluding hydrogens is 390 g/mol. The normalized spacial score (nSPS) is 29.2. The number of morpholine rings is 1. The Morgan fingerprint density at radius 1 is 1.31 bits per heavy atom. The summed E-state index contributed by atoms with van der Waals surface area (Å²) in [6.45, 7) is 11.8. The summed E-state index contributed by atoms with van der Waals surface area (Å²) in [7, 11) is 1.84. The Labute approximate surface area is 179 Å². The van der Waals surface area contributed by atoms with Crippen molar-refractivity contribution in [1.29, 1.82) is 0 Å². The molecular formula is C20H37N5O3S. The molecule has 9 heteroatoms. The van der Waals surface area contributed by atoms with Gasteiger partial charge in [0.15, 0.2) is 5.96 Å². The molecule has 3 heterocycles. The number of nitrogens with one attached hydrogen (secondary N) is 2. The lowest BCUT2D eigenvalue weighted by atomic mass is 9.95. The molecule has 1 amide bonds. The maximum absolute atomic E-state index is 12.1. The molecule has 0 spiro atoms. The number of alkyl carbamates (subject to hydrolysis) is 1. The molecule has 8 nitrogen and oxygen atoms in total. The maximum Gasteiger partial charge on any atom is 0.407 e. The van der Waals surface area contributed by atoms with Gasteiger partial charge in [-0.2, -0.15) is 11.8 Å². The second kappa shape index (κ2) is 9.75. The fourth-order valence-electron chi connectivity index (χ4n) is 4.26. The lowest BCUT2D eigenvalue weighted by molar-refractivity contribution is -0.0121. The molecule has 3 aliphatic heterocycles. The highest BCUT2D eigenvalue weighted by molar-refractivity contribution is 7.99. The summed E-state index contributed by atoms with van der Waals surface area (Å²) >= 11 is 2.04. The van der Waals surface area contributed by atoms with Gasteiger partial charge in [0.25, 0.3) is 0 Å². The van der Waals surface area contributed by atoms with Crippen molar-refractivity contribution in [3.05, 3.63) is 0 Å². The Bertz CT molecular complexity index is 583. The van der Waals surface area contributed by atoms with Gasteiger partial charge < -0.3 is 25.0 Å². The van der Waals surface area contributed by atoms with E-state index < -0.39 is 5.60 Å². The molecule has 2 unspecified atom stereocenters. The standard InChI is InChI=1S/C20H37N5O3S/c1-19(2,3)28-18(26)23-16-5-7-24(13-16)17(21-4)22-14-20(6-12-29-15-20)25-8-10-27-11-9-25/h16H,5-15H2,1-4H3,(H,21,22)(H,23,26). The van der Waals surface area contributed by atoms with Crippen LogP contribution in [0.25, 0.3) is 0 Å². The van der Waals surface area contributed by atoms with Crippen LogP contribution in [0.2, 0.25) is 0 Å². The summed E-state index contributed by atoms with van der Waals surface area (Å²) in [5.41, 5.74) is -0.300. The third-order valence-electron chi connectivity index (χ3n) is 5.76. The van der Waals surface area contributed by atoms with E-state index in [1.807, 2.05) is 39.6 Å². The van der Waals surface area contributed by atoms with Crippen molar-refractivity contribution in [2.24, 2.45) is 4.99 Å². The maximum atomic E-state index is 12.1. The van der Waals surface area contributed by atoms with Gasteiger partial charge in [-0.3, -0.25) is 9.89 Å². The van der Waals surface area contributed by atoms with E-state index in [9.17, 15) is 4.79 Å². The van der Waals surface area contributed by atoms with Crippen molar-refractivity contribution in [3.8, 4) is 0 Å². The Morgan fingerprint density at radius 2 is 2.07 bits per heavy atom. The SMILES string of the molecule is CN=C(NCC1(N2CCOCC2)CCSC1)N1CCC(NC(=O)OC(C)(C)C)C1. The van der Waals surface area contributed by atoms with Crippen LogP contribution in [0, 0.1) is 0 Å². The number of nitrogens with zero attached hydrogens (tertiary/aromatic N) is 3. The summed E-state index contributed by atoms with van der Waals surface area (Å²) < 4.78 is 10.9. The summed E-state index contributed by atoms with van der Waals surface area (Å²) in [5, 5.41) is 6.63. The van der Waals surface area contributed by atoms with Crippen molar-refractivity contribution in [1.82, 2.24) is 20.4 Å². The van der Waals surface area contributed by atoms with Gasteiger partial charge in [-0.05, 0) is 39.4 Å². The summed E-state index contributed by atoms with van der Waals surface area (Å²) in [5.74, 6) is 3.28. The van der Waals surface area contributed by atoms with Crippen molar-refractivity contribution in [2.75, 3.05) is 64.5 Å². The highest BCUT2D eigenvalue weighted by Crippen LogP contribution is 2.33. The lowest BCUT2D eigenvalue weighted by Gasteiger charge is -2.43. The summed E-state index contributed by atoms with van der Waals surface area (Å²) in [4.78, 5) is 21.4. The topological polar surface area (TPSA) is 78.4 Å². The number of hydrogen-bond acceptors (Lipinski definition) is 6. The first-order valence-corrected chi connectivity index (χ1v) is 11.8. The first-order valence-electron chi connectivity index (χ1n) is 10.7. The van der Waals surface area contributed by atoms with Crippen LogP contribution >= 0.6 is 11.8 Å². The zero-order valence-corrected chi connectivity index (χ0v) is 19.1. The predicted octanol–water partition coefficient (Wildman–Crippen LogP) is 1.37. The van der Waals surface area contributed by atoms with E-state index in [4.69, 9.17) is 9.47 Å². The molecule has 29 heavy (non-hydrogen) atoms. The minimum absolute atomic E-state index is 0.0821. The fraction of sp³-hybridized carbons (Fsp3) is 0.900. The van der Waals surface area contributed by atoms with E-state index >= 15 is 0 Å². The highest BCUT2D eigenvalue weighted by atomic mass is 32.2. The molecule has 3 saturated heterocycles. The Morgan fingerprint density at radius 3 is 2.69 bits per heavy atom. The van der Waals surface area contributed by atoms with Crippen LogP contribution < -0.4 is 10.6 Å². The first kappa shape index (κ1) is 22.5. The van der Waals surface area contributed by atoms with Crippen molar-refractivity contribution < 1.29 is 14.3 Å². The summed E-state index contributed by atoms with van der Waals surface area (Å²) in [6, 6.07) is 0.0821. The van der Waals surface area contributed by atoms with Gasteiger partial charge in [-0.15, -0.1) is 0 Å². The number of thioether (sulfide) groups is 1. The smallest absolute Gasteiger partial charge is 0.407 e. The Balaban J connectivity index is 1.52. The molecule has 166 valence electrons. The summed E-state index contributed by atoms with van der Waals surface area (Å²) in [6.07, 6.45) is 1.75. The van der Waals surface area contributed by atoms with Gasteiger partial charge >= 0.3 is 6.09 Å². The number of aliphatic imine (C=N–C) groups is 1. The molecule has 0 aromatic carbocycles. The first-order chi connectivity index (χ1) is 13.8. The van der Waals surface area contributed by atoms with Crippen molar-refractivity contribution in [2.45, 2.75) is 50.8 Å². The molecule has 0 radical (unpaired) electrons. The van der Waals surface area contributed by atoms with E-state index in [1.54, 1.807) is 0 Å². The second-order valence-corrected chi connectivity index (χ2v) is 10.2. The van der Waals surface area contributed by atoms with Crippen LogP contribution in [0.3, 0.4) is 0 Å². The minimum Gasteiger partial charge on any atom is -0.444 e. The molecule has 0 aromatic heterocycles. The molecule has 0 aliphatic carbocycles. The number of carbonyl (C=O) groups excluding carboxylic acids is 1. The van der Waals surface area contributed by atoms with E-state index in [0.29, 0.717) is 0 Å². The molecule has 2 N–H and O–H groups in total. The highest BCUT2D eigenvalue weighted by Gasteiger charge is 2.41. The average Bonchev–Trinajstić information content (AvgIpc) is 3.32. The van der Waals surface area contributed by atoms with Gasteiger partial charge in [0, 0.05) is 51.1 Å². The molecule has 0 aromatic rings. The van der Waals surface area contributed by atoms with Crippen LogP contribution in [0.15, 0.2) is 4.99 Å². The average molecular weight is 428 g/mol. The van der Waals surface area contributed by atoms with Gasteiger partial charge in [-0.25, -0.2) is 4.79 Å². The monoisotopic (exact) mass is 427 g/mol. The largest absolute Gasteiger partial charge is 0.444 e. The number of amides is 1. The molecule has 0 saturated carbocycles. The van der Waals surface area contributed by atoms with Crippen LogP contribution in [-0.2, 0) is 9.47 Å². The van der Waals surface area contributed by atoms with E-state index in [2.05, 4.69) is 25.4 Å². The second-order valence-electron chi connectivity index (χ2n) is 9.10. The van der Waals surface area contributed by atoms with E-state index in [-0.39, 0.29) is 17.7 Å². The van der Waals surface area contributed by atoms with E-state index in [0.717, 1.165) is 64.1 Å². The van der Waals surface area contributed by atoms with Gasteiger partial charge in [0.05, 0.1) is 19.3 Å². The molecule has 0 bridgehead atoms. The van der Waals surface area contributed by atoms with E-state index in [1.165, 1.54) is 12.2 Å². The number of carbonyl (C=O) groups is 1. The van der Waals surface area contributed by atoms with Crippen LogP contribution in [0.1, 0.15) is 33.6 Å². The zero-order chi connectivity index (χ0) is 20.9. The fourth-order valence-corrected chi connectivity index (χ4v) is 5.73. The Hall–Kier alpha value is -1.19. The third kappa shape index (κ3) is 6.15. The zero-order valence-electron chi connectivity index (χ0n) is 18.3. The van der Waals surface area contributed by atoms with Gasteiger partial charge in [0.2, 0.25) is 0 Å². The van der Waals surface area contributed by atoms with Crippen molar-refractivity contribution in [3.63, 3.8) is 0 Å². The third-order valence-corrected chi connectivity index (χ3v) is 6.99. The number of ether oxygens (including phenoxy) is 2. The van der Waals surface area contributed by atoms with Crippen LogP contribution in [-0.4, -0.2) is 104 Å². The van der Waals surface area contributed by atoms with Crippen LogP contribution in [0.4, 0.5) is 4.79 Å². The predicted molar refractivity (Wildman–Crippen MR) is 118 cm³/mol. The molecule has 2 atom stereocenters. The lowest BCUT2D eigenvalue weighted by Crippen LogP contribution is -2.60. The minimum atomic E-state index is -0.479. The molecule has 3 fully saturated rings. The number of hydrogen-bond donors (Lipinski definition) is 2. The quantitative estimate of drug-likeness (QED) is 0.518. The van der Waals surface area contributed by atoms with Gasteiger partial charge in [0.1, 0.15) is 5.60 Å². The van der Waals surface area contributed by atoms with Crippen molar-refractivity contribution >= 4 is 23.8 Å². The number of rotatable bonds is 4. The molecule has 3 aliphatic rings. The van der Waals surface area contributed by atoms with Crippen LogP contribution in [0.5, 0.6) is 0 Å². The number of guanidine groups is 1. The number of likely N-dealkylation sites (tertiary alicyclic amines) is 1. The Kier molecular flexibility index (Phi) is 7.56. The van der Waals surface area contributed by atoms with Gasteiger partial charge in [-0.1, -0.05) is 0 Å².